The fourth-order valence-corrected chi connectivity index (χ4v) is 3.24. The summed E-state index contributed by atoms with van der Waals surface area (Å²) in [7, 11) is 1.65. The lowest BCUT2D eigenvalue weighted by Crippen LogP contribution is -2.35. The van der Waals surface area contributed by atoms with Crippen LogP contribution in [-0.4, -0.2) is 13.0 Å². The van der Waals surface area contributed by atoms with Gasteiger partial charge in [0, 0.05) is 10.2 Å². The number of carbonyl (C=O) groups excluding carboxylic acids is 1. The van der Waals surface area contributed by atoms with E-state index in [1.807, 2.05) is 61.2 Å². The SMILES string of the molecule is COc1ccc(CN2C(=O)C(C)(C)c3ccc(Br)cc32)cc1. The molecule has 0 N–H and O–H groups in total. The molecule has 1 heterocycles. The summed E-state index contributed by atoms with van der Waals surface area (Å²) < 4.78 is 6.16. The zero-order valence-electron chi connectivity index (χ0n) is 12.9. The van der Waals surface area contributed by atoms with Crippen molar-refractivity contribution in [1.29, 1.82) is 0 Å². The quantitative estimate of drug-likeness (QED) is 0.818. The number of fused-ring (bicyclic) bond motifs is 1. The third kappa shape index (κ3) is 2.41. The lowest BCUT2D eigenvalue weighted by atomic mass is 9.86. The summed E-state index contributed by atoms with van der Waals surface area (Å²) in [5.74, 6) is 0.955. The van der Waals surface area contributed by atoms with Crippen molar-refractivity contribution in [3.05, 3.63) is 58.1 Å². The van der Waals surface area contributed by atoms with Gasteiger partial charge in [0.15, 0.2) is 0 Å². The van der Waals surface area contributed by atoms with Crippen LogP contribution in [0, 0.1) is 0 Å². The van der Waals surface area contributed by atoms with Crippen molar-refractivity contribution in [2.75, 3.05) is 12.0 Å². The van der Waals surface area contributed by atoms with Crippen molar-refractivity contribution in [2.45, 2.75) is 25.8 Å². The van der Waals surface area contributed by atoms with Crippen molar-refractivity contribution in [1.82, 2.24) is 0 Å². The number of anilines is 1. The second-order valence-corrected chi connectivity index (χ2v) is 6.94. The van der Waals surface area contributed by atoms with E-state index in [9.17, 15) is 4.79 Å². The first-order valence-corrected chi connectivity index (χ1v) is 7.97. The van der Waals surface area contributed by atoms with Crippen molar-refractivity contribution >= 4 is 27.5 Å². The van der Waals surface area contributed by atoms with E-state index < -0.39 is 5.41 Å². The smallest absolute Gasteiger partial charge is 0.237 e. The molecule has 2 aromatic rings. The van der Waals surface area contributed by atoms with E-state index >= 15 is 0 Å². The molecular formula is C18H18BrNO2. The Morgan fingerprint density at radius 3 is 2.45 bits per heavy atom. The monoisotopic (exact) mass is 359 g/mol. The molecule has 2 aromatic carbocycles. The van der Waals surface area contributed by atoms with E-state index in [-0.39, 0.29) is 5.91 Å². The van der Waals surface area contributed by atoms with Crippen LogP contribution in [0.15, 0.2) is 46.9 Å². The Morgan fingerprint density at radius 2 is 1.82 bits per heavy atom. The van der Waals surface area contributed by atoms with Gasteiger partial charge >= 0.3 is 0 Å². The van der Waals surface area contributed by atoms with Crippen LogP contribution in [0.2, 0.25) is 0 Å². The van der Waals surface area contributed by atoms with E-state index in [1.54, 1.807) is 7.11 Å². The average molecular weight is 360 g/mol. The minimum absolute atomic E-state index is 0.136. The zero-order valence-corrected chi connectivity index (χ0v) is 14.5. The van der Waals surface area contributed by atoms with E-state index in [2.05, 4.69) is 15.9 Å². The molecule has 0 saturated carbocycles. The third-order valence-corrected chi connectivity index (χ3v) is 4.70. The maximum Gasteiger partial charge on any atom is 0.237 e. The highest BCUT2D eigenvalue weighted by Crippen LogP contribution is 2.43. The van der Waals surface area contributed by atoms with Crippen LogP contribution in [0.4, 0.5) is 5.69 Å². The standard InChI is InChI=1S/C18H18BrNO2/c1-18(2)15-9-6-13(19)10-16(15)20(17(18)21)11-12-4-7-14(22-3)8-5-12/h4-10H,11H2,1-3H3. The molecular weight excluding hydrogens is 342 g/mol. The topological polar surface area (TPSA) is 29.5 Å². The lowest BCUT2D eigenvalue weighted by molar-refractivity contribution is -0.122. The second kappa shape index (κ2) is 5.43. The molecule has 0 saturated heterocycles. The Kier molecular flexibility index (Phi) is 3.73. The molecule has 0 atom stereocenters. The Bertz CT molecular complexity index is 722. The van der Waals surface area contributed by atoms with Gasteiger partial charge in [-0.15, -0.1) is 0 Å². The van der Waals surface area contributed by atoms with Crippen molar-refractivity contribution in [2.24, 2.45) is 0 Å². The Hall–Kier alpha value is -1.81. The molecule has 1 aliphatic rings. The number of amides is 1. The van der Waals surface area contributed by atoms with Gasteiger partial charge in [-0.05, 0) is 49.2 Å². The number of methoxy groups -OCH3 is 1. The van der Waals surface area contributed by atoms with Crippen LogP contribution in [0.1, 0.15) is 25.0 Å². The van der Waals surface area contributed by atoms with Gasteiger partial charge in [0.05, 0.1) is 19.1 Å². The molecule has 0 unspecified atom stereocenters. The van der Waals surface area contributed by atoms with Crippen LogP contribution in [0.25, 0.3) is 0 Å². The Balaban J connectivity index is 1.97. The van der Waals surface area contributed by atoms with Gasteiger partial charge in [-0.25, -0.2) is 0 Å². The van der Waals surface area contributed by atoms with Gasteiger partial charge in [-0.2, -0.15) is 0 Å². The first-order valence-electron chi connectivity index (χ1n) is 7.18. The first kappa shape index (κ1) is 15.1. The van der Waals surface area contributed by atoms with Gasteiger partial charge in [0.25, 0.3) is 0 Å². The minimum atomic E-state index is -0.484. The maximum atomic E-state index is 12.8. The van der Waals surface area contributed by atoms with E-state index in [0.29, 0.717) is 6.54 Å². The average Bonchev–Trinajstić information content (AvgIpc) is 2.69. The number of hydrogen-bond donors (Lipinski definition) is 0. The zero-order chi connectivity index (χ0) is 15.9. The third-order valence-electron chi connectivity index (χ3n) is 4.20. The number of halogens is 1. The molecule has 22 heavy (non-hydrogen) atoms. The number of benzene rings is 2. The summed E-state index contributed by atoms with van der Waals surface area (Å²) in [6, 6.07) is 13.9. The van der Waals surface area contributed by atoms with E-state index in [4.69, 9.17) is 4.74 Å². The van der Waals surface area contributed by atoms with Gasteiger partial charge < -0.3 is 9.64 Å². The normalized spacial score (nSPS) is 15.8. The number of hydrogen-bond acceptors (Lipinski definition) is 2. The number of ether oxygens (including phenoxy) is 1. The van der Waals surface area contributed by atoms with Crippen molar-refractivity contribution in [3.8, 4) is 5.75 Å². The van der Waals surface area contributed by atoms with Gasteiger partial charge in [-0.3, -0.25) is 4.79 Å². The summed E-state index contributed by atoms with van der Waals surface area (Å²) in [4.78, 5) is 14.7. The maximum absolute atomic E-state index is 12.8. The van der Waals surface area contributed by atoms with E-state index in [1.165, 1.54) is 0 Å². The molecule has 1 aliphatic heterocycles. The summed E-state index contributed by atoms with van der Waals surface area (Å²) >= 11 is 3.50. The highest BCUT2D eigenvalue weighted by molar-refractivity contribution is 9.10. The highest BCUT2D eigenvalue weighted by atomic mass is 79.9. The molecule has 0 fully saturated rings. The number of rotatable bonds is 3. The summed E-state index contributed by atoms with van der Waals surface area (Å²) in [6.45, 7) is 4.53. The minimum Gasteiger partial charge on any atom is -0.497 e. The summed E-state index contributed by atoms with van der Waals surface area (Å²) in [5.41, 5.74) is 2.66. The molecule has 114 valence electrons. The molecule has 3 rings (SSSR count). The molecule has 0 bridgehead atoms. The first-order chi connectivity index (χ1) is 10.4. The fraction of sp³-hybridized carbons (Fsp3) is 0.278. The number of carbonyl (C=O) groups is 1. The van der Waals surface area contributed by atoms with Gasteiger partial charge in [0.2, 0.25) is 5.91 Å². The van der Waals surface area contributed by atoms with Crippen LogP contribution in [-0.2, 0) is 16.8 Å². The predicted molar refractivity (Wildman–Crippen MR) is 91.4 cm³/mol. The molecule has 0 aliphatic carbocycles. The largest absolute Gasteiger partial charge is 0.497 e. The van der Waals surface area contributed by atoms with Crippen molar-refractivity contribution < 1.29 is 9.53 Å². The van der Waals surface area contributed by atoms with Crippen LogP contribution < -0.4 is 9.64 Å². The fourth-order valence-electron chi connectivity index (χ4n) is 2.89. The molecule has 3 nitrogen and oxygen atoms in total. The molecule has 0 aromatic heterocycles. The van der Waals surface area contributed by atoms with Crippen LogP contribution >= 0.6 is 15.9 Å². The summed E-state index contributed by atoms with van der Waals surface area (Å²) in [5, 5.41) is 0. The Morgan fingerprint density at radius 1 is 1.14 bits per heavy atom. The molecule has 0 radical (unpaired) electrons. The lowest BCUT2D eigenvalue weighted by Gasteiger charge is -2.20. The van der Waals surface area contributed by atoms with E-state index in [0.717, 1.165) is 27.0 Å². The molecule has 4 heteroatoms. The van der Waals surface area contributed by atoms with Gasteiger partial charge in [0.1, 0.15) is 5.75 Å². The molecule has 0 spiro atoms. The predicted octanol–water partition coefficient (Wildman–Crippen LogP) is 4.28. The highest BCUT2D eigenvalue weighted by Gasteiger charge is 2.43. The van der Waals surface area contributed by atoms with Crippen LogP contribution in [0.3, 0.4) is 0 Å². The number of nitrogens with zero attached hydrogens (tertiary/aromatic N) is 1. The molecule has 1 amide bonds. The van der Waals surface area contributed by atoms with Gasteiger partial charge in [-0.1, -0.05) is 34.1 Å². The van der Waals surface area contributed by atoms with Crippen LogP contribution in [0.5, 0.6) is 5.75 Å². The second-order valence-electron chi connectivity index (χ2n) is 6.03. The van der Waals surface area contributed by atoms with Crippen molar-refractivity contribution in [3.63, 3.8) is 0 Å². The Labute approximate surface area is 139 Å². The summed E-state index contributed by atoms with van der Waals surface area (Å²) in [6.07, 6.45) is 0.